The number of carbonyl (C=O) groups is 1. The van der Waals surface area contributed by atoms with E-state index in [-0.39, 0.29) is 5.91 Å². The fraction of sp³-hybridized carbons (Fsp3) is 0.500. The normalized spacial score (nSPS) is 14.0. The van der Waals surface area contributed by atoms with Gasteiger partial charge in [-0.3, -0.25) is 4.79 Å². The van der Waals surface area contributed by atoms with Gasteiger partial charge in [0.1, 0.15) is 0 Å². The number of hydrogen-bond donors (Lipinski definition) is 2. The van der Waals surface area contributed by atoms with E-state index >= 15 is 0 Å². The van der Waals surface area contributed by atoms with E-state index in [4.69, 9.17) is 0 Å². The third-order valence-corrected chi connectivity index (χ3v) is 3.30. The fourth-order valence-electron chi connectivity index (χ4n) is 2.16. The van der Waals surface area contributed by atoms with Gasteiger partial charge in [0.15, 0.2) is 0 Å². The van der Waals surface area contributed by atoms with Gasteiger partial charge in [-0.2, -0.15) is 0 Å². The standard InChI is InChI=1S/C14H21N3O/c1-3-15-8-9-17(2)12-5-6-13-11(10-12)4-7-14(18)16-13/h5-6,10,15H,3-4,7-9H2,1-2H3,(H,16,18). The molecular formula is C14H21N3O. The highest BCUT2D eigenvalue weighted by molar-refractivity contribution is 5.94. The molecule has 0 aliphatic carbocycles. The molecule has 0 unspecified atom stereocenters. The van der Waals surface area contributed by atoms with Crippen LogP contribution in [0.15, 0.2) is 18.2 Å². The fourth-order valence-corrected chi connectivity index (χ4v) is 2.16. The molecule has 1 aliphatic rings. The molecule has 0 saturated heterocycles. The van der Waals surface area contributed by atoms with Crippen LogP contribution >= 0.6 is 0 Å². The van der Waals surface area contributed by atoms with Gasteiger partial charge in [-0.15, -0.1) is 0 Å². The Morgan fingerprint density at radius 2 is 2.22 bits per heavy atom. The van der Waals surface area contributed by atoms with E-state index in [9.17, 15) is 4.79 Å². The second-order valence-electron chi connectivity index (χ2n) is 4.66. The summed E-state index contributed by atoms with van der Waals surface area (Å²) in [5.74, 6) is 0.121. The first kappa shape index (κ1) is 12.9. The summed E-state index contributed by atoms with van der Waals surface area (Å²) in [7, 11) is 2.10. The Hall–Kier alpha value is -1.55. The molecule has 4 nitrogen and oxygen atoms in total. The van der Waals surface area contributed by atoms with Crippen LogP contribution in [0.3, 0.4) is 0 Å². The topological polar surface area (TPSA) is 44.4 Å². The number of nitrogens with zero attached hydrogens (tertiary/aromatic N) is 1. The lowest BCUT2D eigenvalue weighted by Gasteiger charge is -2.23. The molecule has 1 amide bonds. The zero-order valence-electron chi connectivity index (χ0n) is 11.1. The minimum atomic E-state index is 0.121. The molecule has 0 fully saturated rings. The predicted octanol–water partition coefficient (Wildman–Crippen LogP) is 1.62. The summed E-state index contributed by atoms with van der Waals surface area (Å²) in [6.45, 7) is 5.09. The summed E-state index contributed by atoms with van der Waals surface area (Å²) in [6.07, 6.45) is 1.44. The first-order valence-electron chi connectivity index (χ1n) is 6.55. The molecule has 0 aromatic heterocycles. The number of amides is 1. The lowest BCUT2D eigenvalue weighted by Crippen LogP contribution is -2.29. The summed E-state index contributed by atoms with van der Waals surface area (Å²) >= 11 is 0. The highest BCUT2D eigenvalue weighted by Gasteiger charge is 2.15. The second-order valence-corrected chi connectivity index (χ2v) is 4.66. The first-order chi connectivity index (χ1) is 8.70. The molecule has 0 spiro atoms. The molecular weight excluding hydrogens is 226 g/mol. The van der Waals surface area contributed by atoms with Crippen LogP contribution < -0.4 is 15.5 Å². The van der Waals surface area contributed by atoms with Crippen molar-refractivity contribution < 1.29 is 4.79 Å². The molecule has 98 valence electrons. The second kappa shape index (κ2) is 5.87. The SMILES string of the molecule is CCNCCN(C)c1ccc2c(c1)CCC(=O)N2. The quantitative estimate of drug-likeness (QED) is 0.777. The van der Waals surface area contributed by atoms with Crippen molar-refractivity contribution >= 4 is 17.3 Å². The Kier molecular flexibility index (Phi) is 4.20. The molecule has 0 saturated carbocycles. The Labute approximate surface area is 108 Å². The highest BCUT2D eigenvalue weighted by atomic mass is 16.1. The summed E-state index contributed by atoms with van der Waals surface area (Å²) in [5.41, 5.74) is 3.42. The number of aryl methyl sites for hydroxylation is 1. The number of likely N-dealkylation sites (N-methyl/N-ethyl adjacent to an activating group) is 2. The van der Waals surface area contributed by atoms with Crippen LogP contribution in [0.2, 0.25) is 0 Å². The van der Waals surface area contributed by atoms with E-state index in [0.717, 1.165) is 31.7 Å². The van der Waals surface area contributed by atoms with Crippen molar-refractivity contribution in [3.05, 3.63) is 23.8 Å². The summed E-state index contributed by atoms with van der Waals surface area (Å²) in [4.78, 5) is 13.5. The number of hydrogen-bond acceptors (Lipinski definition) is 3. The predicted molar refractivity (Wildman–Crippen MR) is 75.2 cm³/mol. The van der Waals surface area contributed by atoms with E-state index in [0.29, 0.717) is 6.42 Å². The van der Waals surface area contributed by atoms with Crippen LogP contribution in [-0.2, 0) is 11.2 Å². The van der Waals surface area contributed by atoms with Crippen LogP contribution in [0.4, 0.5) is 11.4 Å². The third kappa shape index (κ3) is 3.01. The monoisotopic (exact) mass is 247 g/mol. The van der Waals surface area contributed by atoms with Crippen molar-refractivity contribution in [2.24, 2.45) is 0 Å². The van der Waals surface area contributed by atoms with Gasteiger partial charge < -0.3 is 15.5 Å². The zero-order chi connectivity index (χ0) is 13.0. The van der Waals surface area contributed by atoms with Gasteiger partial charge in [0.05, 0.1) is 0 Å². The molecule has 1 heterocycles. The average Bonchev–Trinajstić information content (AvgIpc) is 2.38. The Bertz CT molecular complexity index is 431. The van der Waals surface area contributed by atoms with Gasteiger partial charge >= 0.3 is 0 Å². The minimum absolute atomic E-state index is 0.121. The molecule has 18 heavy (non-hydrogen) atoms. The molecule has 1 aromatic carbocycles. The Morgan fingerprint density at radius 1 is 1.39 bits per heavy atom. The van der Waals surface area contributed by atoms with Gasteiger partial charge in [0.25, 0.3) is 0 Å². The molecule has 2 N–H and O–H groups in total. The van der Waals surface area contributed by atoms with E-state index < -0.39 is 0 Å². The van der Waals surface area contributed by atoms with Gasteiger partial charge in [-0.25, -0.2) is 0 Å². The number of carbonyl (C=O) groups excluding carboxylic acids is 1. The molecule has 0 radical (unpaired) electrons. The van der Waals surface area contributed by atoms with E-state index in [1.54, 1.807) is 0 Å². The zero-order valence-corrected chi connectivity index (χ0v) is 11.1. The Morgan fingerprint density at radius 3 is 3.00 bits per heavy atom. The number of nitrogens with one attached hydrogen (secondary N) is 2. The van der Waals surface area contributed by atoms with Crippen LogP contribution in [0, 0.1) is 0 Å². The number of rotatable bonds is 5. The van der Waals surface area contributed by atoms with Crippen molar-refractivity contribution in [3.63, 3.8) is 0 Å². The van der Waals surface area contributed by atoms with E-state index in [1.165, 1.54) is 11.3 Å². The maximum Gasteiger partial charge on any atom is 0.224 e. The van der Waals surface area contributed by atoms with Crippen molar-refractivity contribution in [1.29, 1.82) is 0 Å². The molecule has 1 aromatic rings. The molecule has 4 heteroatoms. The third-order valence-electron chi connectivity index (χ3n) is 3.30. The average molecular weight is 247 g/mol. The first-order valence-corrected chi connectivity index (χ1v) is 6.55. The van der Waals surface area contributed by atoms with Crippen LogP contribution in [0.1, 0.15) is 18.9 Å². The van der Waals surface area contributed by atoms with Gasteiger partial charge in [-0.05, 0) is 36.7 Å². The number of fused-ring (bicyclic) bond motifs is 1. The molecule has 1 aliphatic heterocycles. The maximum absolute atomic E-state index is 11.3. The highest BCUT2D eigenvalue weighted by Crippen LogP contribution is 2.26. The van der Waals surface area contributed by atoms with Crippen LogP contribution in [0.5, 0.6) is 0 Å². The van der Waals surface area contributed by atoms with E-state index in [1.807, 2.05) is 6.07 Å². The van der Waals surface area contributed by atoms with Gasteiger partial charge in [0.2, 0.25) is 5.91 Å². The van der Waals surface area contributed by atoms with Gasteiger partial charge in [0, 0.05) is 37.9 Å². The van der Waals surface area contributed by atoms with Crippen molar-refractivity contribution in [1.82, 2.24) is 5.32 Å². The van der Waals surface area contributed by atoms with Crippen molar-refractivity contribution in [2.75, 3.05) is 36.9 Å². The maximum atomic E-state index is 11.3. The molecule has 0 bridgehead atoms. The minimum Gasteiger partial charge on any atom is -0.373 e. The summed E-state index contributed by atoms with van der Waals surface area (Å²) < 4.78 is 0. The largest absolute Gasteiger partial charge is 0.373 e. The van der Waals surface area contributed by atoms with Crippen molar-refractivity contribution in [3.8, 4) is 0 Å². The van der Waals surface area contributed by atoms with Crippen molar-refractivity contribution in [2.45, 2.75) is 19.8 Å². The molecule has 0 atom stereocenters. The number of anilines is 2. The number of benzene rings is 1. The van der Waals surface area contributed by atoms with Crippen LogP contribution in [0.25, 0.3) is 0 Å². The smallest absolute Gasteiger partial charge is 0.224 e. The Balaban J connectivity index is 2.04. The van der Waals surface area contributed by atoms with E-state index in [2.05, 4.69) is 41.6 Å². The summed E-state index contributed by atoms with van der Waals surface area (Å²) in [5, 5.41) is 6.23. The molecule has 2 rings (SSSR count). The lowest BCUT2D eigenvalue weighted by atomic mass is 10.0. The lowest BCUT2D eigenvalue weighted by molar-refractivity contribution is -0.116. The summed E-state index contributed by atoms with van der Waals surface area (Å²) in [6, 6.07) is 6.25. The van der Waals surface area contributed by atoms with Crippen LogP contribution in [-0.4, -0.2) is 32.6 Å². The van der Waals surface area contributed by atoms with Gasteiger partial charge in [-0.1, -0.05) is 6.92 Å².